The van der Waals surface area contributed by atoms with E-state index >= 15 is 0 Å². The minimum atomic E-state index is -3.65. The monoisotopic (exact) mass is 394 g/mol. The molecule has 1 saturated carbocycles. The molecular formula is C18H26N4O4S. The second kappa shape index (κ2) is 7.73. The lowest BCUT2D eigenvalue weighted by Crippen LogP contribution is -2.52. The number of aromatic nitrogens is 2. The summed E-state index contributed by atoms with van der Waals surface area (Å²) in [6, 6.07) is 2.08. The Hall–Kier alpha value is -1.71. The molecule has 2 aliphatic rings. The average Bonchev–Trinajstić information content (AvgIpc) is 3.38. The molecule has 148 valence electrons. The second-order valence-electron chi connectivity index (χ2n) is 7.24. The van der Waals surface area contributed by atoms with E-state index < -0.39 is 10.0 Å². The fourth-order valence-electron chi connectivity index (χ4n) is 3.96. The molecule has 0 aromatic carbocycles. The van der Waals surface area contributed by atoms with E-state index in [2.05, 4.69) is 15.1 Å². The van der Waals surface area contributed by atoms with Gasteiger partial charge in [0.05, 0.1) is 5.56 Å². The van der Waals surface area contributed by atoms with Crippen LogP contribution in [-0.2, 0) is 16.4 Å². The Morgan fingerprint density at radius 3 is 2.52 bits per heavy atom. The van der Waals surface area contributed by atoms with Crippen LogP contribution in [0.15, 0.2) is 26.3 Å². The quantitative estimate of drug-likeness (QED) is 0.769. The normalized spacial score (nSPS) is 20.9. The summed E-state index contributed by atoms with van der Waals surface area (Å²) in [5.41, 5.74) is 0.488. The first-order valence-electron chi connectivity index (χ1n) is 9.73. The molecule has 9 heteroatoms. The van der Waals surface area contributed by atoms with Gasteiger partial charge in [0.25, 0.3) is 15.9 Å². The maximum Gasteiger partial charge on any atom is 0.276 e. The largest absolute Gasteiger partial charge is 0.451 e. The first-order chi connectivity index (χ1) is 13.1. The van der Waals surface area contributed by atoms with Gasteiger partial charge in [0.1, 0.15) is 6.26 Å². The van der Waals surface area contributed by atoms with Crippen LogP contribution in [0.2, 0.25) is 0 Å². The first kappa shape index (κ1) is 18.6. The van der Waals surface area contributed by atoms with E-state index in [1.54, 1.807) is 0 Å². The highest BCUT2D eigenvalue weighted by Gasteiger charge is 2.33. The molecule has 0 N–H and O–H groups in total. The van der Waals surface area contributed by atoms with Crippen molar-refractivity contribution < 1.29 is 17.3 Å². The lowest BCUT2D eigenvalue weighted by atomic mass is 9.94. The van der Waals surface area contributed by atoms with Crippen molar-refractivity contribution in [2.45, 2.75) is 56.6 Å². The van der Waals surface area contributed by atoms with Crippen LogP contribution in [0.25, 0.3) is 11.5 Å². The van der Waals surface area contributed by atoms with Crippen LogP contribution < -0.4 is 0 Å². The van der Waals surface area contributed by atoms with Crippen molar-refractivity contribution in [2.75, 3.05) is 26.2 Å². The van der Waals surface area contributed by atoms with Crippen molar-refractivity contribution in [1.82, 2.24) is 19.4 Å². The summed E-state index contributed by atoms with van der Waals surface area (Å²) >= 11 is 0. The topological polar surface area (TPSA) is 92.7 Å². The minimum Gasteiger partial charge on any atom is -0.451 e. The molecule has 0 amide bonds. The molecule has 2 aromatic heterocycles. The van der Waals surface area contributed by atoms with E-state index in [-0.39, 0.29) is 11.0 Å². The van der Waals surface area contributed by atoms with E-state index in [1.807, 2.05) is 6.92 Å². The smallest absolute Gasteiger partial charge is 0.276 e. The molecule has 0 bridgehead atoms. The number of piperazine rings is 1. The van der Waals surface area contributed by atoms with Gasteiger partial charge < -0.3 is 8.83 Å². The SMILES string of the molecule is CCc1nnc(-c2coc(S(=O)(=O)N3CCN(C4CCCCC4)CC3)c2)o1. The Balaban J connectivity index is 1.43. The highest BCUT2D eigenvalue weighted by molar-refractivity contribution is 7.89. The van der Waals surface area contributed by atoms with Crippen LogP contribution in [0.5, 0.6) is 0 Å². The van der Waals surface area contributed by atoms with Gasteiger partial charge in [-0.05, 0) is 12.8 Å². The molecule has 1 aliphatic carbocycles. The molecule has 0 spiro atoms. The molecule has 0 atom stereocenters. The van der Waals surface area contributed by atoms with E-state index in [0.717, 1.165) is 13.1 Å². The summed E-state index contributed by atoms with van der Waals surface area (Å²) in [7, 11) is -3.65. The van der Waals surface area contributed by atoms with Crippen molar-refractivity contribution >= 4 is 10.0 Å². The summed E-state index contributed by atoms with van der Waals surface area (Å²) < 4.78 is 38.2. The fourth-order valence-corrected chi connectivity index (χ4v) is 5.30. The zero-order valence-corrected chi connectivity index (χ0v) is 16.4. The van der Waals surface area contributed by atoms with Gasteiger partial charge in [0.2, 0.25) is 11.0 Å². The van der Waals surface area contributed by atoms with Gasteiger partial charge in [-0.1, -0.05) is 26.2 Å². The van der Waals surface area contributed by atoms with Gasteiger partial charge in [-0.3, -0.25) is 4.90 Å². The summed E-state index contributed by atoms with van der Waals surface area (Å²) in [5, 5.41) is 7.77. The zero-order valence-electron chi connectivity index (χ0n) is 15.6. The summed E-state index contributed by atoms with van der Waals surface area (Å²) in [5.74, 6) is 0.786. The Kier molecular flexibility index (Phi) is 5.34. The number of hydrogen-bond acceptors (Lipinski definition) is 7. The van der Waals surface area contributed by atoms with Crippen LogP contribution in [0.3, 0.4) is 0 Å². The summed E-state index contributed by atoms with van der Waals surface area (Å²) in [4.78, 5) is 2.45. The molecule has 1 saturated heterocycles. The summed E-state index contributed by atoms with van der Waals surface area (Å²) in [6.07, 6.45) is 8.35. The van der Waals surface area contributed by atoms with Crippen LogP contribution in [0, 0.1) is 0 Å². The number of rotatable bonds is 5. The van der Waals surface area contributed by atoms with Gasteiger partial charge in [-0.25, -0.2) is 8.42 Å². The molecule has 27 heavy (non-hydrogen) atoms. The van der Waals surface area contributed by atoms with Gasteiger partial charge in [0.15, 0.2) is 0 Å². The van der Waals surface area contributed by atoms with Crippen LogP contribution >= 0.6 is 0 Å². The van der Waals surface area contributed by atoms with Gasteiger partial charge in [-0.2, -0.15) is 4.31 Å². The number of nitrogens with zero attached hydrogens (tertiary/aromatic N) is 4. The minimum absolute atomic E-state index is 0.0696. The molecule has 2 fully saturated rings. The van der Waals surface area contributed by atoms with Crippen molar-refractivity contribution in [3.63, 3.8) is 0 Å². The Morgan fingerprint density at radius 1 is 1.11 bits per heavy atom. The number of sulfonamides is 1. The van der Waals surface area contributed by atoms with E-state index in [4.69, 9.17) is 8.83 Å². The van der Waals surface area contributed by atoms with Crippen molar-refractivity contribution in [2.24, 2.45) is 0 Å². The average molecular weight is 394 g/mol. The number of aryl methyl sites for hydroxylation is 1. The highest BCUT2D eigenvalue weighted by atomic mass is 32.2. The van der Waals surface area contributed by atoms with E-state index in [1.165, 1.54) is 48.7 Å². The third-order valence-corrected chi connectivity index (χ3v) is 7.32. The molecule has 0 radical (unpaired) electrons. The lowest BCUT2D eigenvalue weighted by Gasteiger charge is -2.39. The molecule has 0 unspecified atom stereocenters. The molecule has 3 heterocycles. The maximum atomic E-state index is 12.9. The number of hydrogen-bond donors (Lipinski definition) is 0. The van der Waals surface area contributed by atoms with Crippen LogP contribution in [-0.4, -0.2) is 60.0 Å². The van der Waals surface area contributed by atoms with Crippen LogP contribution in [0.1, 0.15) is 44.9 Å². The zero-order chi connectivity index (χ0) is 18.9. The van der Waals surface area contributed by atoms with E-state index in [0.29, 0.717) is 37.0 Å². The third kappa shape index (κ3) is 3.81. The van der Waals surface area contributed by atoms with Crippen LogP contribution in [0.4, 0.5) is 0 Å². The molecule has 8 nitrogen and oxygen atoms in total. The van der Waals surface area contributed by atoms with Gasteiger partial charge in [0, 0.05) is 44.7 Å². The second-order valence-corrected chi connectivity index (χ2v) is 9.11. The standard InChI is InChI=1S/C18H26N4O4S/c1-2-16-19-20-18(26-16)14-12-17(25-13-14)27(23,24)22-10-8-21(9-11-22)15-6-4-3-5-7-15/h12-13,15H,2-11H2,1H3. The van der Waals surface area contributed by atoms with Crippen molar-refractivity contribution in [1.29, 1.82) is 0 Å². The Labute approximate surface area is 159 Å². The highest BCUT2D eigenvalue weighted by Crippen LogP contribution is 2.28. The first-order valence-corrected chi connectivity index (χ1v) is 11.2. The summed E-state index contributed by atoms with van der Waals surface area (Å²) in [6.45, 7) is 4.46. The van der Waals surface area contributed by atoms with Gasteiger partial charge in [-0.15, -0.1) is 10.2 Å². The van der Waals surface area contributed by atoms with Gasteiger partial charge >= 0.3 is 0 Å². The Bertz CT molecular complexity index is 862. The van der Waals surface area contributed by atoms with E-state index in [9.17, 15) is 8.42 Å². The fraction of sp³-hybridized carbons (Fsp3) is 0.667. The molecular weight excluding hydrogens is 368 g/mol. The molecule has 2 aromatic rings. The van der Waals surface area contributed by atoms with Crippen molar-refractivity contribution in [3.05, 3.63) is 18.2 Å². The maximum absolute atomic E-state index is 12.9. The predicted octanol–water partition coefficient (Wildman–Crippen LogP) is 2.53. The van der Waals surface area contributed by atoms with Crippen molar-refractivity contribution in [3.8, 4) is 11.5 Å². The molecule has 1 aliphatic heterocycles. The Morgan fingerprint density at radius 2 is 1.85 bits per heavy atom. The predicted molar refractivity (Wildman–Crippen MR) is 98.6 cm³/mol. The third-order valence-electron chi connectivity index (χ3n) is 5.55. The number of furan rings is 1. The molecule has 4 rings (SSSR count). The lowest BCUT2D eigenvalue weighted by molar-refractivity contribution is 0.110.